The van der Waals surface area contributed by atoms with Crippen molar-refractivity contribution in [3.8, 4) is 0 Å². The summed E-state index contributed by atoms with van der Waals surface area (Å²) in [5.41, 5.74) is 0.482. The number of aliphatic carboxylic acids is 1. The summed E-state index contributed by atoms with van der Waals surface area (Å²) in [4.78, 5) is 77.9. The summed E-state index contributed by atoms with van der Waals surface area (Å²) >= 11 is 0. The first kappa shape index (κ1) is 89.4. The number of aryl methyl sites for hydroxylation is 1. The number of nitrogens with one attached hydrogen (secondary N) is 2. The maximum atomic E-state index is 12.3. The van der Waals surface area contributed by atoms with Gasteiger partial charge in [-0.05, 0) is 114 Å². The summed E-state index contributed by atoms with van der Waals surface area (Å²) in [5.74, 6) is -1.90. The number of carbonyl (C=O) groups is 5. The van der Waals surface area contributed by atoms with Gasteiger partial charge in [0.25, 0.3) is 5.69 Å². The van der Waals surface area contributed by atoms with Crippen LogP contribution in [-0.4, -0.2) is 108 Å². The number of ether oxygens (including phenoxy) is 6. The third kappa shape index (κ3) is 70.3. The molecule has 0 aliphatic carbocycles. The molecule has 85 heavy (non-hydrogen) atoms. The van der Waals surface area contributed by atoms with Crippen molar-refractivity contribution in [3.05, 3.63) is 39.9 Å². The van der Waals surface area contributed by atoms with Crippen LogP contribution in [-0.2, 0) is 58.3 Å². The fourth-order valence-corrected chi connectivity index (χ4v) is 7.89. The van der Waals surface area contributed by atoms with Gasteiger partial charge in [-0.1, -0.05) is 163 Å². The average Bonchev–Trinajstić information content (AvgIpc) is 3.96. The number of carbonyl (C=O) groups excluding carboxylic acids is 4. The second kappa shape index (κ2) is 55.0. The molecule has 1 aliphatic heterocycles. The first-order valence-electron chi connectivity index (χ1n) is 31.3. The van der Waals surface area contributed by atoms with Gasteiger partial charge in [-0.15, -0.1) is 0 Å². The van der Waals surface area contributed by atoms with Crippen LogP contribution in [0.2, 0.25) is 0 Å². The van der Waals surface area contributed by atoms with Crippen molar-refractivity contribution in [3.63, 3.8) is 0 Å². The molecule has 3 atom stereocenters. The maximum absolute atomic E-state index is 12.3. The van der Waals surface area contributed by atoms with E-state index < -0.39 is 31.2 Å². The lowest BCUT2D eigenvalue weighted by Crippen LogP contribution is -2.36. The summed E-state index contributed by atoms with van der Waals surface area (Å²) in [6.45, 7) is 32.5. The van der Waals surface area contributed by atoms with Crippen LogP contribution in [0.15, 0.2) is 24.3 Å². The van der Waals surface area contributed by atoms with Crippen LogP contribution in [0.3, 0.4) is 0 Å². The minimum absolute atomic E-state index is 0. The van der Waals surface area contributed by atoms with Crippen LogP contribution in [0.1, 0.15) is 278 Å². The molecule has 0 aromatic heterocycles. The Bertz CT molecular complexity index is 1860. The number of amides is 2. The van der Waals surface area contributed by atoms with Gasteiger partial charge >= 0.3 is 30.1 Å². The van der Waals surface area contributed by atoms with Crippen molar-refractivity contribution >= 4 is 43.4 Å². The van der Waals surface area contributed by atoms with Crippen molar-refractivity contribution in [2.45, 2.75) is 314 Å². The number of benzene rings is 1. The lowest BCUT2D eigenvalue weighted by Gasteiger charge is -2.23. The van der Waals surface area contributed by atoms with Crippen LogP contribution in [0.4, 0.5) is 15.3 Å². The Morgan fingerprint density at radius 1 is 0.706 bits per heavy atom. The van der Waals surface area contributed by atoms with E-state index in [1.54, 1.807) is 12.1 Å². The molecule has 502 valence electrons. The van der Waals surface area contributed by atoms with Crippen molar-refractivity contribution in [2.75, 3.05) is 33.0 Å². The Morgan fingerprint density at radius 2 is 1.12 bits per heavy atom. The molecule has 1 heterocycles. The van der Waals surface area contributed by atoms with E-state index in [9.17, 15) is 43.5 Å². The SMILES string of the molecule is C.CC.CC(C)NC(=O)OC(C)(C)C.CC1COC(C)(C)O1.CCCCCCCCCCCCCC(=O)OCC(COP(C)(=O)[O-])OC(=O)CCCCCCCCCCCCC(=O)O.CCNC(=O)OC(C)(C)C.CCc1ccc([N+](=O)[O-])cc1. The molecule has 1 fully saturated rings. The van der Waals surface area contributed by atoms with Crippen LogP contribution in [0.5, 0.6) is 0 Å². The zero-order valence-electron chi connectivity index (χ0n) is 55.4. The Labute approximate surface area is 515 Å². The first-order chi connectivity index (χ1) is 39.2. The Morgan fingerprint density at radius 3 is 1.45 bits per heavy atom. The molecule has 3 unspecified atom stereocenters. The predicted octanol–water partition coefficient (Wildman–Crippen LogP) is 16.5. The number of nitro groups is 1. The number of carboxylic acid groups (broad SMARTS) is 1. The Balaban J connectivity index is -0.000000393. The topological polar surface area (TPSA) is 278 Å². The lowest BCUT2D eigenvalue weighted by molar-refractivity contribution is -0.384. The number of hydrogen-bond donors (Lipinski definition) is 3. The fraction of sp³-hybridized carbons (Fsp3) is 0.828. The van der Waals surface area contributed by atoms with E-state index in [1.165, 1.54) is 63.5 Å². The van der Waals surface area contributed by atoms with Gasteiger partial charge in [0.05, 0.1) is 24.2 Å². The number of alkyl carbamates (subject to hydrolysis) is 2. The average molecular weight is 1240 g/mol. The highest BCUT2D eigenvalue weighted by Crippen LogP contribution is 2.31. The van der Waals surface area contributed by atoms with Crippen LogP contribution < -0.4 is 15.5 Å². The van der Waals surface area contributed by atoms with E-state index in [-0.39, 0.29) is 92.2 Å². The minimum Gasteiger partial charge on any atom is -0.779 e. The number of unbranched alkanes of at least 4 members (excludes halogenated alkanes) is 19. The van der Waals surface area contributed by atoms with E-state index >= 15 is 0 Å². The van der Waals surface area contributed by atoms with Crippen molar-refractivity contribution < 1.29 is 76.4 Å². The molecule has 21 heteroatoms. The highest BCUT2D eigenvalue weighted by atomic mass is 31.2. The molecule has 1 aromatic rings. The largest absolute Gasteiger partial charge is 0.779 e. The number of nitro benzene ring substituents is 1. The monoisotopic (exact) mass is 1240 g/mol. The third-order valence-corrected chi connectivity index (χ3v) is 12.1. The Kier molecular flexibility index (Phi) is 57.8. The molecule has 0 radical (unpaired) electrons. The number of carboxylic acids is 1. The predicted molar refractivity (Wildman–Crippen MR) is 340 cm³/mol. The highest BCUT2D eigenvalue weighted by molar-refractivity contribution is 7.50. The Hall–Kier alpha value is -4.36. The molecule has 0 bridgehead atoms. The van der Waals surface area contributed by atoms with Gasteiger partial charge in [-0.25, -0.2) is 9.59 Å². The minimum atomic E-state index is -4.01. The molecule has 3 N–H and O–H groups in total. The first-order valence-corrected chi connectivity index (χ1v) is 33.2. The summed E-state index contributed by atoms with van der Waals surface area (Å²) in [6.07, 6.45) is 23.2. The van der Waals surface area contributed by atoms with E-state index in [2.05, 4.69) is 17.6 Å². The van der Waals surface area contributed by atoms with Gasteiger partial charge in [0.1, 0.15) is 25.4 Å². The molecular weight excluding hydrogens is 1110 g/mol. The van der Waals surface area contributed by atoms with Crippen molar-refractivity contribution in [1.82, 2.24) is 10.6 Å². The standard InChI is InChI=1S/C32H61O9P.C8H9NO2.C8H17NO2.C7H15NO2.C6H12O2.C2H6.CH4/c1-3-4-5-6-7-8-9-13-16-19-22-25-31(35)39-27-29(28-40-42(2,37)38)41-32(36)26-23-20-17-14-11-10-12-15-18-21-24-30(33)34;1-2-7-3-5-8(6-4-7)9(10)11;1-6(2)9-7(10)11-8(3,4)5;1-5-8-6(9)10-7(2,3)4;1-5-4-7-6(2,3)8-5;1-2;/h29H,3-28H2,1-2H3,(H,33,34)(H,37,38);3-6H,2H2,1H3;6H,1-5H3,(H,9,10);5H2,1-4H3,(H,8,9);5H,4H2,1-3H3;1-2H3;1H4/p-1. The maximum Gasteiger partial charge on any atom is 0.407 e. The van der Waals surface area contributed by atoms with Gasteiger partial charge in [0.15, 0.2) is 11.9 Å². The molecular formula is C64H123N3O17P-. The van der Waals surface area contributed by atoms with Crippen LogP contribution in [0.25, 0.3) is 0 Å². The summed E-state index contributed by atoms with van der Waals surface area (Å²) in [5, 5.41) is 24.0. The second-order valence-electron chi connectivity index (χ2n) is 23.3. The summed E-state index contributed by atoms with van der Waals surface area (Å²) < 4.78 is 47.4. The van der Waals surface area contributed by atoms with Gasteiger partial charge in [-0.3, -0.25) is 24.5 Å². The van der Waals surface area contributed by atoms with Crippen molar-refractivity contribution in [2.24, 2.45) is 0 Å². The smallest absolute Gasteiger partial charge is 0.407 e. The lowest BCUT2D eigenvalue weighted by atomic mass is 10.1. The molecule has 1 aliphatic rings. The summed E-state index contributed by atoms with van der Waals surface area (Å²) in [6, 6.07) is 6.73. The third-order valence-electron chi connectivity index (χ3n) is 11.5. The quantitative estimate of drug-likeness (QED) is 0.0142. The number of nitrogens with zero attached hydrogens (tertiary/aromatic N) is 1. The number of rotatable bonds is 35. The molecule has 0 saturated carbocycles. The van der Waals surface area contributed by atoms with Gasteiger partial charge in [0.2, 0.25) is 0 Å². The molecule has 2 amide bonds. The second-order valence-corrected chi connectivity index (χ2v) is 25.1. The number of hydrogen-bond acceptors (Lipinski definition) is 16. The molecule has 20 nitrogen and oxygen atoms in total. The van der Waals surface area contributed by atoms with Crippen LogP contribution in [0, 0.1) is 10.1 Å². The zero-order chi connectivity index (χ0) is 65.0. The van der Waals surface area contributed by atoms with E-state index in [0.29, 0.717) is 13.0 Å². The van der Waals surface area contributed by atoms with Crippen molar-refractivity contribution in [1.29, 1.82) is 0 Å². The summed E-state index contributed by atoms with van der Waals surface area (Å²) in [7, 11) is -4.01. The van der Waals surface area contributed by atoms with Gasteiger partial charge in [-0.2, -0.15) is 0 Å². The van der Waals surface area contributed by atoms with E-state index in [0.717, 1.165) is 102 Å². The molecule has 2 rings (SSSR count). The van der Waals surface area contributed by atoms with E-state index in [1.807, 2.05) is 104 Å². The fourth-order valence-electron chi connectivity index (χ4n) is 7.46. The van der Waals surface area contributed by atoms with Gasteiger partial charge in [0, 0.05) is 50.6 Å². The van der Waals surface area contributed by atoms with Crippen LogP contribution >= 0.6 is 7.60 Å². The van der Waals surface area contributed by atoms with E-state index in [4.69, 9.17) is 38.1 Å². The normalized spacial score (nSPS) is 14.0. The molecule has 0 spiro atoms. The molecule has 1 saturated heterocycles. The zero-order valence-corrected chi connectivity index (χ0v) is 56.3. The van der Waals surface area contributed by atoms with Gasteiger partial charge < -0.3 is 58.1 Å². The molecule has 1 aromatic carbocycles. The number of non-ortho nitro benzene ring substituents is 1. The highest BCUT2D eigenvalue weighted by Gasteiger charge is 2.29. The number of esters is 2.